The molecule has 0 aliphatic carbocycles. The normalized spacial score (nSPS) is 20.7. The molecule has 3 heteroatoms. The van der Waals surface area contributed by atoms with Gasteiger partial charge in [-0.2, -0.15) is 0 Å². The van der Waals surface area contributed by atoms with E-state index in [-0.39, 0.29) is 5.91 Å². The van der Waals surface area contributed by atoms with Crippen molar-refractivity contribution in [1.82, 2.24) is 0 Å². The van der Waals surface area contributed by atoms with Crippen molar-refractivity contribution in [2.75, 3.05) is 0 Å². The number of aryl methyl sites for hydroxylation is 1. The zero-order valence-corrected chi connectivity index (χ0v) is 12.1. The van der Waals surface area contributed by atoms with Crippen molar-refractivity contribution >= 4 is 17.3 Å². The van der Waals surface area contributed by atoms with Gasteiger partial charge in [0, 0.05) is 24.1 Å². The number of para-hydroxylation sites is 1. The molecule has 0 unspecified atom stereocenters. The summed E-state index contributed by atoms with van der Waals surface area (Å²) in [6.45, 7) is 1.97. The number of benzene rings is 2. The first-order chi connectivity index (χ1) is 10.2. The maximum Gasteiger partial charge on any atom is 0.409 e. The molecule has 0 saturated heterocycles. The molecule has 0 aromatic heterocycles. The van der Waals surface area contributed by atoms with E-state index in [2.05, 4.69) is 6.07 Å². The number of carbonyl (C=O) groups is 1. The lowest BCUT2D eigenvalue weighted by Gasteiger charge is -2.07. The van der Waals surface area contributed by atoms with Crippen molar-refractivity contribution in [1.29, 1.82) is 0 Å². The van der Waals surface area contributed by atoms with E-state index < -0.39 is 6.04 Å². The summed E-state index contributed by atoms with van der Waals surface area (Å²) < 4.78 is 1.78. The highest BCUT2D eigenvalue weighted by atomic mass is 16.2. The first-order valence-corrected chi connectivity index (χ1v) is 7.25. The number of fused-ring (bicyclic) bond motifs is 1. The summed E-state index contributed by atoms with van der Waals surface area (Å²) in [6.07, 6.45) is 1.52. The molecule has 1 aliphatic heterocycles. The molecule has 2 aromatic rings. The lowest BCUT2D eigenvalue weighted by molar-refractivity contribution is -0.368. The molecular formula is C18H19N2O+. The molecule has 0 spiro atoms. The van der Waals surface area contributed by atoms with Crippen LogP contribution in [-0.4, -0.2) is 22.2 Å². The Morgan fingerprint density at radius 3 is 2.52 bits per heavy atom. The number of nitrogens with zero attached hydrogens (tertiary/aromatic N) is 1. The predicted octanol–water partition coefficient (Wildman–Crippen LogP) is 2.64. The molecule has 0 fully saturated rings. The van der Waals surface area contributed by atoms with Crippen LogP contribution in [0.4, 0.5) is 5.69 Å². The van der Waals surface area contributed by atoms with Crippen molar-refractivity contribution in [3.05, 3.63) is 65.7 Å². The van der Waals surface area contributed by atoms with Crippen LogP contribution in [0.5, 0.6) is 0 Å². The fraction of sp³-hybridized carbons (Fsp3) is 0.222. The van der Waals surface area contributed by atoms with Crippen molar-refractivity contribution in [3.8, 4) is 0 Å². The predicted molar refractivity (Wildman–Crippen MR) is 83.9 cm³/mol. The van der Waals surface area contributed by atoms with E-state index in [1.165, 1.54) is 5.56 Å². The standard InChI is InChI=1S/C18H19N2O/c1-13(14-7-3-2-4-8-14)20-17-10-6-5-9-15(17)11-12-16(19)18(20)21/h2-10,16H,11-12,19H2,1H3/q+1/t16-/m1/s1. The van der Waals surface area contributed by atoms with E-state index in [1.54, 1.807) is 4.58 Å². The Morgan fingerprint density at radius 2 is 1.76 bits per heavy atom. The quantitative estimate of drug-likeness (QED) is 0.816. The van der Waals surface area contributed by atoms with Crippen LogP contribution in [0.25, 0.3) is 0 Å². The fourth-order valence-corrected chi connectivity index (χ4v) is 2.81. The van der Waals surface area contributed by atoms with Crippen LogP contribution >= 0.6 is 0 Å². The Bertz CT molecular complexity index is 704. The summed E-state index contributed by atoms with van der Waals surface area (Å²) in [6, 6.07) is 17.6. The lowest BCUT2D eigenvalue weighted by atomic mass is 10.1. The number of hydrogen-bond donors (Lipinski definition) is 1. The summed E-state index contributed by atoms with van der Waals surface area (Å²) in [4.78, 5) is 12.7. The largest absolute Gasteiger partial charge is 0.409 e. The highest BCUT2D eigenvalue weighted by Crippen LogP contribution is 2.26. The maximum atomic E-state index is 12.7. The minimum absolute atomic E-state index is 0.0266. The van der Waals surface area contributed by atoms with Gasteiger partial charge in [0.1, 0.15) is 6.04 Å². The lowest BCUT2D eigenvalue weighted by Crippen LogP contribution is -2.37. The van der Waals surface area contributed by atoms with Crippen LogP contribution in [0.1, 0.15) is 24.5 Å². The molecule has 1 atom stereocenters. The Balaban J connectivity index is 2.24. The summed E-state index contributed by atoms with van der Waals surface area (Å²) in [5.41, 5.74) is 10.1. The van der Waals surface area contributed by atoms with E-state index in [0.717, 1.165) is 23.4 Å². The summed E-state index contributed by atoms with van der Waals surface area (Å²) in [5, 5.41) is 0. The molecule has 1 heterocycles. The molecule has 0 saturated carbocycles. The number of nitrogens with two attached hydrogens (primary N) is 1. The summed E-state index contributed by atoms with van der Waals surface area (Å²) >= 11 is 0. The van der Waals surface area contributed by atoms with E-state index in [0.29, 0.717) is 6.42 Å². The Labute approximate surface area is 124 Å². The summed E-state index contributed by atoms with van der Waals surface area (Å²) in [5.74, 6) is -0.0266. The van der Waals surface area contributed by atoms with Crippen molar-refractivity contribution in [2.24, 2.45) is 5.73 Å². The van der Waals surface area contributed by atoms with Gasteiger partial charge in [-0.15, -0.1) is 4.58 Å². The highest BCUT2D eigenvalue weighted by Gasteiger charge is 2.35. The third-order valence-electron chi connectivity index (χ3n) is 4.02. The molecule has 2 N–H and O–H groups in total. The molecule has 106 valence electrons. The zero-order chi connectivity index (χ0) is 14.8. The van der Waals surface area contributed by atoms with E-state index in [4.69, 9.17) is 5.73 Å². The van der Waals surface area contributed by atoms with Gasteiger partial charge in [0.05, 0.1) is 0 Å². The number of hydrogen-bond acceptors (Lipinski definition) is 2. The number of amides is 1. The smallest absolute Gasteiger partial charge is 0.316 e. The van der Waals surface area contributed by atoms with Gasteiger partial charge in [0.2, 0.25) is 5.69 Å². The molecule has 2 aromatic carbocycles. The van der Waals surface area contributed by atoms with Crippen LogP contribution in [0.3, 0.4) is 0 Å². The van der Waals surface area contributed by atoms with Crippen molar-refractivity contribution in [2.45, 2.75) is 25.8 Å². The van der Waals surface area contributed by atoms with E-state index in [9.17, 15) is 4.79 Å². The SMILES string of the molecule is CC(c1ccccc1)=[N+]1C(=O)[C@H](N)CCc2ccccc21. The average Bonchev–Trinajstić information content (AvgIpc) is 2.65. The van der Waals surface area contributed by atoms with Gasteiger partial charge in [-0.25, -0.2) is 4.79 Å². The second-order valence-corrected chi connectivity index (χ2v) is 5.40. The molecule has 3 rings (SSSR count). The Hall–Kier alpha value is -2.26. The van der Waals surface area contributed by atoms with Crippen LogP contribution in [0.15, 0.2) is 54.6 Å². The van der Waals surface area contributed by atoms with Crippen LogP contribution in [0, 0.1) is 0 Å². The molecule has 0 bridgehead atoms. The monoisotopic (exact) mass is 279 g/mol. The van der Waals surface area contributed by atoms with Gasteiger partial charge in [0.15, 0.2) is 5.71 Å². The van der Waals surface area contributed by atoms with Crippen LogP contribution < -0.4 is 5.73 Å². The first kappa shape index (κ1) is 13.7. The van der Waals surface area contributed by atoms with Gasteiger partial charge >= 0.3 is 5.91 Å². The summed E-state index contributed by atoms with van der Waals surface area (Å²) in [7, 11) is 0. The van der Waals surface area contributed by atoms with E-state index in [1.807, 2.05) is 55.5 Å². The Kier molecular flexibility index (Phi) is 3.67. The first-order valence-electron chi connectivity index (χ1n) is 7.25. The van der Waals surface area contributed by atoms with Gasteiger partial charge in [-0.3, -0.25) is 0 Å². The average molecular weight is 279 g/mol. The van der Waals surface area contributed by atoms with Crippen LogP contribution in [0.2, 0.25) is 0 Å². The molecule has 1 aliphatic rings. The van der Waals surface area contributed by atoms with Crippen molar-refractivity contribution < 1.29 is 9.37 Å². The molecular weight excluding hydrogens is 260 g/mol. The maximum absolute atomic E-state index is 12.7. The van der Waals surface area contributed by atoms with Gasteiger partial charge < -0.3 is 5.73 Å². The van der Waals surface area contributed by atoms with Crippen LogP contribution in [-0.2, 0) is 11.2 Å². The minimum Gasteiger partial charge on any atom is -0.316 e. The zero-order valence-electron chi connectivity index (χ0n) is 12.1. The molecule has 21 heavy (non-hydrogen) atoms. The minimum atomic E-state index is -0.448. The van der Waals surface area contributed by atoms with Gasteiger partial charge in [-0.1, -0.05) is 36.4 Å². The van der Waals surface area contributed by atoms with Crippen molar-refractivity contribution in [3.63, 3.8) is 0 Å². The molecule has 3 nitrogen and oxygen atoms in total. The molecule has 1 amide bonds. The third kappa shape index (κ3) is 2.52. The third-order valence-corrected chi connectivity index (χ3v) is 4.02. The highest BCUT2D eigenvalue weighted by molar-refractivity contribution is 5.99. The van der Waals surface area contributed by atoms with Gasteiger partial charge in [-0.05, 0) is 25.0 Å². The Morgan fingerprint density at radius 1 is 1.10 bits per heavy atom. The van der Waals surface area contributed by atoms with Gasteiger partial charge in [0.25, 0.3) is 0 Å². The second-order valence-electron chi connectivity index (χ2n) is 5.40. The van der Waals surface area contributed by atoms with E-state index >= 15 is 0 Å². The second kappa shape index (κ2) is 5.62. The topological polar surface area (TPSA) is 46.1 Å². The number of carbonyl (C=O) groups excluding carboxylic acids is 1. The fourth-order valence-electron chi connectivity index (χ4n) is 2.81. The number of rotatable bonds is 1. The molecule has 0 radical (unpaired) electrons.